The first kappa shape index (κ1) is 17.9. The summed E-state index contributed by atoms with van der Waals surface area (Å²) in [6, 6.07) is 8.85. The van der Waals surface area contributed by atoms with Gasteiger partial charge in [0.15, 0.2) is 5.82 Å². The van der Waals surface area contributed by atoms with Crippen LogP contribution >= 0.6 is 15.9 Å². The number of pyridine rings is 1. The molecule has 4 heteroatoms. The molecule has 124 valence electrons. The van der Waals surface area contributed by atoms with Crippen molar-refractivity contribution in [2.75, 3.05) is 6.61 Å². The molecular formula is C19H23BrFNO. The third kappa shape index (κ3) is 5.94. The van der Waals surface area contributed by atoms with Crippen molar-refractivity contribution in [3.05, 3.63) is 46.8 Å². The number of hydrogen-bond acceptors (Lipinski definition) is 2. The maximum absolute atomic E-state index is 13.9. The largest absolute Gasteiger partial charge is 0.494 e. The highest BCUT2D eigenvalue weighted by Crippen LogP contribution is 2.25. The summed E-state index contributed by atoms with van der Waals surface area (Å²) >= 11 is 3.21. The van der Waals surface area contributed by atoms with Crippen molar-refractivity contribution in [1.29, 1.82) is 0 Å². The fraction of sp³-hybridized carbons (Fsp3) is 0.421. The van der Waals surface area contributed by atoms with Gasteiger partial charge in [0.25, 0.3) is 0 Å². The van der Waals surface area contributed by atoms with Gasteiger partial charge in [-0.05, 0) is 52.7 Å². The number of rotatable bonds is 9. The number of nitrogens with zero attached hydrogens (tertiary/aromatic N) is 1. The van der Waals surface area contributed by atoms with Crippen LogP contribution in [0, 0.1) is 5.82 Å². The van der Waals surface area contributed by atoms with Crippen molar-refractivity contribution in [3.63, 3.8) is 0 Å². The van der Waals surface area contributed by atoms with Gasteiger partial charge in [0.05, 0.1) is 6.61 Å². The minimum absolute atomic E-state index is 0.333. The molecule has 1 heterocycles. The lowest BCUT2D eigenvalue weighted by atomic mass is 10.1. The molecule has 0 saturated carbocycles. The number of benzene rings is 1. The van der Waals surface area contributed by atoms with E-state index >= 15 is 0 Å². The van der Waals surface area contributed by atoms with Crippen molar-refractivity contribution in [1.82, 2.24) is 4.98 Å². The van der Waals surface area contributed by atoms with E-state index < -0.39 is 0 Å². The first-order valence-electron chi connectivity index (χ1n) is 8.25. The SMILES string of the molecule is CCCCCCCCOc1ccc(-c2ncc(Br)cc2F)cc1. The summed E-state index contributed by atoms with van der Waals surface area (Å²) in [5.41, 5.74) is 1.11. The predicted octanol–water partition coefficient (Wildman–Crippen LogP) is 6.39. The number of ether oxygens (including phenoxy) is 1. The highest BCUT2D eigenvalue weighted by molar-refractivity contribution is 9.10. The third-order valence-corrected chi connectivity index (χ3v) is 4.14. The second-order valence-electron chi connectivity index (χ2n) is 5.62. The molecular weight excluding hydrogens is 357 g/mol. The third-order valence-electron chi connectivity index (χ3n) is 3.70. The zero-order valence-corrected chi connectivity index (χ0v) is 15.1. The molecule has 0 aliphatic carbocycles. The maximum atomic E-state index is 13.9. The lowest BCUT2D eigenvalue weighted by molar-refractivity contribution is 0.304. The lowest BCUT2D eigenvalue weighted by Crippen LogP contribution is -1.97. The van der Waals surface area contributed by atoms with Crippen LogP contribution < -0.4 is 4.74 Å². The van der Waals surface area contributed by atoms with Crippen molar-refractivity contribution < 1.29 is 9.13 Å². The van der Waals surface area contributed by atoms with Crippen molar-refractivity contribution in [2.24, 2.45) is 0 Å². The van der Waals surface area contributed by atoms with E-state index in [-0.39, 0.29) is 5.82 Å². The van der Waals surface area contributed by atoms with Gasteiger partial charge in [-0.1, -0.05) is 39.0 Å². The molecule has 0 aliphatic rings. The number of halogens is 2. The standard InChI is InChI=1S/C19H23BrFNO/c1-2-3-4-5-6-7-12-23-17-10-8-15(9-11-17)19-18(21)13-16(20)14-22-19/h8-11,13-14H,2-7,12H2,1H3. The Bertz CT molecular complexity index is 601. The fourth-order valence-corrected chi connectivity index (χ4v) is 2.71. The highest BCUT2D eigenvalue weighted by atomic mass is 79.9. The van der Waals surface area contributed by atoms with Crippen LogP contribution in [0.2, 0.25) is 0 Å². The molecule has 2 aromatic rings. The Kier molecular flexibility index (Phi) is 7.53. The second kappa shape index (κ2) is 9.66. The van der Waals surface area contributed by atoms with E-state index in [1.807, 2.05) is 24.3 Å². The normalized spacial score (nSPS) is 10.7. The van der Waals surface area contributed by atoms with Crippen LogP contribution in [0.15, 0.2) is 41.0 Å². The molecule has 0 radical (unpaired) electrons. The molecule has 2 rings (SSSR count). The van der Waals surface area contributed by atoms with Crippen LogP contribution in [-0.2, 0) is 0 Å². The molecule has 0 saturated heterocycles. The van der Waals surface area contributed by atoms with E-state index in [0.29, 0.717) is 10.2 Å². The van der Waals surface area contributed by atoms with Gasteiger partial charge in [0.1, 0.15) is 11.4 Å². The Hall–Kier alpha value is -1.42. The van der Waals surface area contributed by atoms with Gasteiger partial charge in [-0.25, -0.2) is 4.39 Å². The Morgan fingerprint density at radius 3 is 2.43 bits per heavy atom. The molecule has 0 amide bonds. The molecule has 0 spiro atoms. The summed E-state index contributed by atoms with van der Waals surface area (Å²) in [6.45, 7) is 2.96. The van der Waals surface area contributed by atoms with Crippen LogP contribution in [0.4, 0.5) is 4.39 Å². The van der Waals surface area contributed by atoms with Crippen molar-refractivity contribution >= 4 is 15.9 Å². The Balaban J connectivity index is 1.80. The zero-order valence-electron chi connectivity index (χ0n) is 13.5. The van der Waals surface area contributed by atoms with Gasteiger partial charge >= 0.3 is 0 Å². The first-order valence-corrected chi connectivity index (χ1v) is 9.04. The van der Waals surface area contributed by atoms with Crippen LogP contribution in [0.25, 0.3) is 11.3 Å². The monoisotopic (exact) mass is 379 g/mol. The molecule has 1 aromatic heterocycles. The summed E-state index contributed by atoms with van der Waals surface area (Å²) in [5, 5.41) is 0. The molecule has 0 unspecified atom stereocenters. The van der Waals surface area contributed by atoms with E-state index in [1.54, 1.807) is 6.20 Å². The van der Waals surface area contributed by atoms with Gasteiger partial charge in [-0.3, -0.25) is 4.98 Å². The van der Waals surface area contributed by atoms with E-state index in [1.165, 1.54) is 38.2 Å². The molecule has 2 nitrogen and oxygen atoms in total. The summed E-state index contributed by atoms with van der Waals surface area (Å²) in [4.78, 5) is 4.13. The van der Waals surface area contributed by atoms with Gasteiger partial charge in [-0.15, -0.1) is 0 Å². The minimum Gasteiger partial charge on any atom is -0.494 e. The van der Waals surface area contributed by atoms with Crippen molar-refractivity contribution in [3.8, 4) is 17.0 Å². The van der Waals surface area contributed by atoms with Crippen LogP contribution in [0.1, 0.15) is 45.4 Å². The summed E-state index contributed by atoms with van der Waals surface area (Å²) in [7, 11) is 0. The van der Waals surface area contributed by atoms with E-state index in [4.69, 9.17) is 4.74 Å². The smallest absolute Gasteiger partial charge is 0.150 e. The molecule has 23 heavy (non-hydrogen) atoms. The maximum Gasteiger partial charge on any atom is 0.150 e. The Morgan fingerprint density at radius 1 is 1.04 bits per heavy atom. The van der Waals surface area contributed by atoms with Crippen LogP contribution in [0.3, 0.4) is 0 Å². The summed E-state index contributed by atoms with van der Waals surface area (Å²) < 4.78 is 20.3. The Morgan fingerprint density at radius 2 is 1.74 bits per heavy atom. The zero-order chi connectivity index (χ0) is 16.5. The lowest BCUT2D eigenvalue weighted by Gasteiger charge is -2.08. The first-order chi connectivity index (χ1) is 11.2. The number of unbranched alkanes of at least 4 members (excludes halogenated alkanes) is 5. The van der Waals surface area contributed by atoms with Gasteiger partial charge in [0, 0.05) is 16.2 Å². The molecule has 0 atom stereocenters. The average molecular weight is 380 g/mol. The quantitative estimate of drug-likeness (QED) is 0.470. The molecule has 0 aliphatic heterocycles. The van der Waals surface area contributed by atoms with Crippen molar-refractivity contribution in [2.45, 2.75) is 45.4 Å². The minimum atomic E-state index is -0.333. The topological polar surface area (TPSA) is 22.1 Å². The molecule has 0 fully saturated rings. The summed E-state index contributed by atoms with van der Waals surface area (Å²) in [5.74, 6) is 0.486. The van der Waals surface area contributed by atoms with E-state index in [9.17, 15) is 4.39 Å². The number of aromatic nitrogens is 1. The number of hydrogen-bond donors (Lipinski definition) is 0. The van der Waals surface area contributed by atoms with Crippen LogP contribution in [0.5, 0.6) is 5.75 Å². The fourth-order valence-electron chi connectivity index (χ4n) is 2.41. The van der Waals surface area contributed by atoms with Gasteiger partial charge < -0.3 is 4.74 Å². The average Bonchev–Trinajstić information content (AvgIpc) is 2.55. The summed E-state index contributed by atoms with van der Waals surface area (Å²) in [6.07, 6.45) is 9.09. The Labute approximate surface area is 146 Å². The van der Waals surface area contributed by atoms with E-state index in [0.717, 1.165) is 24.3 Å². The molecule has 1 aromatic carbocycles. The van der Waals surface area contributed by atoms with Gasteiger partial charge in [0.2, 0.25) is 0 Å². The van der Waals surface area contributed by atoms with Gasteiger partial charge in [-0.2, -0.15) is 0 Å². The predicted molar refractivity (Wildman–Crippen MR) is 96.2 cm³/mol. The second-order valence-corrected chi connectivity index (χ2v) is 6.54. The molecule has 0 bridgehead atoms. The van der Waals surface area contributed by atoms with Crippen LogP contribution in [-0.4, -0.2) is 11.6 Å². The van der Waals surface area contributed by atoms with E-state index in [2.05, 4.69) is 27.8 Å². The highest BCUT2D eigenvalue weighted by Gasteiger charge is 2.07. The molecule has 0 N–H and O–H groups in total.